The van der Waals surface area contributed by atoms with Gasteiger partial charge in [-0.25, -0.2) is 0 Å². The number of benzene rings is 2. The van der Waals surface area contributed by atoms with Gasteiger partial charge in [0.25, 0.3) is 5.91 Å². The van der Waals surface area contributed by atoms with Crippen molar-refractivity contribution in [1.29, 1.82) is 5.26 Å². The van der Waals surface area contributed by atoms with Crippen molar-refractivity contribution in [3.63, 3.8) is 0 Å². The lowest BCUT2D eigenvalue weighted by Crippen LogP contribution is -2.36. The van der Waals surface area contributed by atoms with Crippen molar-refractivity contribution in [1.82, 2.24) is 5.32 Å². The number of nitrogens with one attached hydrogen (secondary N) is 1. The molecule has 3 nitrogen and oxygen atoms in total. The quantitative estimate of drug-likeness (QED) is 0.779. The maximum absolute atomic E-state index is 12.7. The molecule has 1 aliphatic rings. The van der Waals surface area contributed by atoms with E-state index in [9.17, 15) is 4.79 Å². The molecule has 128 valence electrons. The van der Waals surface area contributed by atoms with Crippen LogP contribution in [0.2, 0.25) is 0 Å². The van der Waals surface area contributed by atoms with Crippen molar-refractivity contribution >= 4 is 17.7 Å². The highest BCUT2D eigenvalue weighted by Crippen LogP contribution is 2.27. The standard InChI is InChI=1S/C21H22N2OS/c22-14-16-10-12-17(13-11-16)15-25-20-9-5-4-8-19(20)21(24)23-18-6-2-1-3-7-18/h4-5,8-13,18H,1-3,6-7,15H2,(H,23,24). The molecular formula is C21H22N2OS. The van der Waals surface area contributed by atoms with E-state index in [1.54, 1.807) is 11.8 Å². The molecule has 1 N–H and O–H groups in total. The molecule has 0 aliphatic heterocycles. The zero-order valence-corrected chi connectivity index (χ0v) is 15.0. The Kier molecular flexibility index (Phi) is 6.14. The van der Waals surface area contributed by atoms with Crippen LogP contribution in [0.3, 0.4) is 0 Å². The number of amides is 1. The molecule has 0 aromatic heterocycles. The molecule has 2 aromatic rings. The van der Waals surface area contributed by atoms with Gasteiger partial charge in [-0.05, 0) is 42.7 Å². The Balaban J connectivity index is 1.65. The first-order valence-corrected chi connectivity index (χ1v) is 9.76. The van der Waals surface area contributed by atoms with Crippen molar-refractivity contribution in [2.45, 2.75) is 48.8 Å². The minimum atomic E-state index is 0.0369. The van der Waals surface area contributed by atoms with Crippen LogP contribution in [0, 0.1) is 11.3 Å². The summed E-state index contributed by atoms with van der Waals surface area (Å²) in [5.41, 5.74) is 2.57. The van der Waals surface area contributed by atoms with Crippen LogP contribution in [0.15, 0.2) is 53.4 Å². The largest absolute Gasteiger partial charge is 0.349 e. The van der Waals surface area contributed by atoms with Gasteiger partial charge in [-0.1, -0.05) is 43.5 Å². The molecule has 2 aromatic carbocycles. The van der Waals surface area contributed by atoms with Gasteiger partial charge in [0.2, 0.25) is 0 Å². The van der Waals surface area contributed by atoms with E-state index in [1.807, 2.05) is 48.5 Å². The summed E-state index contributed by atoms with van der Waals surface area (Å²) in [4.78, 5) is 13.7. The zero-order valence-electron chi connectivity index (χ0n) is 14.2. The average Bonchev–Trinajstić information content (AvgIpc) is 2.68. The predicted molar refractivity (Wildman–Crippen MR) is 101 cm³/mol. The van der Waals surface area contributed by atoms with Gasteiger partial charge >= 0.3 is 0 Å². The first-order chi connectivity index (χ1) is 12.3. The van der Waals surface area contributed by atoms with Gasteiger partial charge in [0, 0.05) is 16.7 Å². The van der Waals surface area contributed by atoms with Gasteiger partial charge < -0.3 is 5.32 Å². The van der Waals surface area contributed by atoms with Crippen LogP contribution in [0.5, 0.6) is 0 Å². The fourth-order valence-electron chi connectivity index (χ4n) is 3.13. The number of carbonyl (C=O) groups excluding carboxylic acids is 1. The summed E-state index contributed by atoms with van der Waals surface area (Å²) in [6.07, 6.45) is 5.88. The van der Waals surface area contributed by atoms with Crippen LogP contribution in [-0.4, -0.2) is 11.9 Å². The fraction of sp³-hybridized carbons (Fsp3) is 0.333. The Morgan fingerprint density at radius 2 is 1.80 bits per heavy atom. The van der Waals surface area contributed by atoms with Crippen molar-refractivity contribution in [3.05, 3.63) is 65.2 Å². The minimum absolute atomic E-state index is 0.0369. The summed E-state index contributed by atoms with van der Waals surface area (Å²) in [5, 5.41) is 12.1. The monoisotopic (exact) mass is 350 g/mol. The summed E-state index contributed by atoms with van der Waals surface area (Å²) < 4.78 is 0. The van der Waals surface area contributed by atoms with Crippen LogP contribution in [0.1, 0.15) is 53.6 Å². The second kappa shape index (κ2) is 8.73. The number of thioether (sulfide) groups is 1. The Labute approximate surface area is 153 Å². The van der Waals surface area contributed by atoms with E-state index in [4.69, 9.17) is 5.26 Å². The molecule has 1 aliphatic carbocycles. The van der Waals surface area contributed by atoms with Crippen molar-refractivity contribution in [3.8, 4) is 6.07 Å². The summed E-state index contributed by atoms with van der Waals surface area (Å²) in [5.74, 6) is 0.814. The van der Waals surface area contributed by atoms with Gasteiger partial charge in [-0.15, -0.1) is 11.8 Å². The van der Waals surface area contributed by atoms with Gasteiger partial charge in [0.1, 0.15) is 0 Å². The van der Waals surface area contributed by atoms with E-state index in [1.165, 1.54) is 19.3 Å². The molecule has 1 amide bonds. The van der Waals surface area contributed by atoms with E-state index < -0.39 is 0 Å². The smallest absolute Gasteiger partial charge is 0.252 e. The van der Waals surface area contributed by atoms with Gasteiger partial charge in [0.05, 0.1) is 17.2 Å². The summed E-state index contributed by atoms with van der Waals surface area (Å²) in [6.45, 7) is 0. The van der Waals surface area contributed by atoms with E-state index in [0.717, 1.165) is 34.6 Å². The Morgan fingerprint density at radius 1 is 1.08 bits per heavy atom. The number of rotatable bonds is 5. The van der Waals surface area contributed by atoms with E-state index >= 15 is 0 Å². The third-order valence-electron chi connectivity index (χ3n) is 4.55. The lowest BCUT2D eigenvalue weighted by atomic mass is 9.95. The molecule has 25 heavy (non-hydrogen) atoms. The normalized spacial score (nSPS) is 14.7. The number of hydrogen-bond acceptors (Lipinski definition) is 3. The summed E-state index contributed by atoms with van der Waals surface area (Å²) in [7, 11) is 0. The average molecular weight is 350 g/mol. The SMILES string of the molecule is N#Cc1ccc(CSc2ccccc2C(=O)NC2CCCCC2)cc1. The minimum Gasteiger partial charge on any atom is -0.349 e. The number of nitrogens with zero attached hydrogens (tertiary/aromatic N) is 1. The first-order valence-electron chi connectivity index (χ1n) is 8.78. The Hall–Kier alpha value is -2.25. The van der Waals surface area contributed by atoms with E-state index in [0.29, 0.717) is 11.6 Å². The van der Waals surface area contributed by atoms with E-state index in [-0.39, 0.29) is 5.91 Å². The third kappa shape index (κ3) is 4.87. The second-order valence-electron chi connectivity index (χ2n) is 6.40. The number of carbonyl (C=O) groups is 1. The molecule has 3 rings (SSSR count). The van der Waals surface area contributed by atoms with Gasteiger partial charge in [-0.3, -0.25) is 4.79 Å². The molecule has 0 spiro atoms. The maximum atomic E-state index is 12.7. The van der Waals surface area contributed by atoms with Crippen LogP contribution >= 0.6 is 11.8 Å². The molecule has 4 heteroatoms. The maximum Gasteiger partial charge on any atom is 0.252 e. The highest BCUT2D eigenvalue weighted by Gasteiger charge is 2.18. The van der Waals surface area contributed by atoms with Gasteiger partial charge in [0.15, 0.2) is 0 Å². The van der Waals surface area contributed by atoms with Crippen molar-refractivity contribution in [2.75, 3.05) is 0 Å². The van der Waals surface area contributed by atoms with Crippen LogP contribution in [0.25, 0.3) is 0 Å². The predicted octanol–water partition coefficient (Wildman–Crippen LogP) is 4.91. The third-order valence-corrected chi connectivity index (χ3v) is 5.69. The Morgan fingerprint density at radius 3 is 2.52 bits per heavy atom. The molecule has 0 bridgehead atoms. The zero-order chi connectivity index (χ0) is 17.5. The number of nitriles is 1. The van der Waals surface area contributed by atoms with Crippen LogP contribution in [-0.2, 0) is 5.75 Å². The first kappa shape index (κ1) is 17.6. The molecule has 1 fully saturated rings. The van der Waals surface area contributed by atoms with E-state index in [2.05, 4.69) is 11.4 Å². The molecule has 0 atom stereocenters. The summed E-state index contributed by atoms with van der Waals surface area (Å²) >= 11 is 1.66. The number of hydrogen-bond donors (Lipinski definition) is 1. The second-order valence-corrected chi connectivity index (χ2v) is 7.42. The molecule has 0 heterocycles. The topological polar surface area (TPSA) is 52.9 Å². The molecule has 0 radical (unpaired) electrons. The molecule has 1 saturated carbocycles. The molecule has 0 saturated heterocycles. The van der Waals surface area contributed by atoms with Gasteiger partial charge in [-0.2, -0.15) is 5.26 Å². The lowest BCUT2D eigenvalue weighted by molar-refractivity contribution is 0.0924. The summed E-state index contributed by atoms with van der Waals surface area (Å²) in [6, 6.07) is 17.8. The van der Waals surface area contributed by atoms with Crippen LogP contribution in [0.4, 0.5) is 0 Å². The molecule has 0 unspecified atom stereocenters. The lowest BCUT2D eigenvalue weighted by Gasteiger charge is -2.23. The highest BCUT2D eigenvalue weighted by atomic mass is 32.2. The van der Waals surface area contributed by atoms with Crippen molar-refractivity contribution < 1.29 is 4.79 Å². The fourth-order valence-corrected chi connectivity index (χ4v) is 4.13. The highest BCUT2D eigenvalue weighted by molar-refractivity contribution is 7.98. The van der Waals surface area contributed by atoms with Crippen LogP contribution < -0.4 is 5.32 Å². The Bertz CT molecular complexity index is 758. The van der Waals surface area contributed by atoms with Crippen molar-refractivity contribution in [2.24, 2.45) is 0 Å². The molecular weight excluding hydrogens is 328 g/mol.